The van der Waals surface area contributed by atoms with E-state index in [-0.39, 0.29) is 0 Å². The molecule has 1 saturated heterocycles. The average Bonchev–Trinajstić information content (AvgIpc) is 2.30. The van der Waals surface area contributed by atoms with Crippen molar-refractivity contribution in [2.45, 2.75) is 45.6 Å². The minimum Gasteiger partial charge on any atom is -0.379 e. The van der Waals surface area contributed by atoms with Gasteiger partial charge in [0.1, 0.15) is 0 Å². The van der Waals surface area contributed by atoms with Crippen LogP contribution in [0.2, 0.25) is 0 Å². The van der Waals surface area contributed by atoms with Gasteiger partial charge in [0.15, 0.2) is 0 Å². The van der Waals surface area contributed by atoms with Gasteiger partial charge in [0, 0.05) is 25.7 Å². The molecule has 1 N–H and O–H groups in total. The summed E-state index contributed by atoms with van der Waals surface area (Å²) in [5.41, 5.74) is 0. The summed E-state index contributed by atoms with van der Waals surface area (Å²) in [5, 5.41) is 3.53. The lowest BCUT2D eigenvalue weighted by Crippen LogP contribution is -2.46. The van der Waals surface area contributed by atoms with Crippen LogP contribution in [0.3, 0.4) is 0 Å². The van der Waals surface area contributed by atoms with Gasteiger partial charge in [-0.1, -0.05) is 26.2 Å². The zero-order valence-corrected chi connectivity index (χ0v) is 11.0. The highest BCUT2D eigenvalue weighted by molar-refractivity contribution is 4.71. The van der Waals surface area contributed by atoms with Crippen molar-refractivity contribution < 1.29 is 4.74 Å². The largest absolute Gasteiger partial charge is 0.379 e. The lowest BCUT2D eigenvalue weighted by atomic mass is 10.2. The van der Waals surface area contributed by atoms with E-state index in [2.05, 4.69) is 24.1 Å². The second kappa shape index (κ2) is 8.97. The Bertz CT molecular complexity index is 164. The summed E-state index contributed by atoms with van der Waals surface area (Å²) in [6.07, 6.45) is 5.40. The van der Waals surface area contributed by atoms with E-state index < -0.39 is 0 Å². The molecule has 3 nitrogen and oxygen atoms in total. The minimum absolute atomic E-state index is 0.593. The number of hydrogen-bond acceptors (Lipinski definition) is 3. The van der Waals surface area contributed by atoms with E-state index in [1.165, 1.54) is 32.2 Å². The Morgan fingerprint density at radius 2 is 2.12 bits per heavy atom. The molecule has 0 aromatic heterocycles. The number of hydrogen-bond donors (Lipinski definition) is 1. The molecule has 0 radical (unpaired) electrons. The number of rotatable bonds is 8. The highest BCUT2D eigenvalue weighted by Crippen LogP contribution is 2.04. The molecule has 1 unspecified atom stereocenters. The number of nitrogens with zero attached hydrogens (tertiary/aromatic N) is 1. The molecule has 1 aliphatic rings. The summed E-state index contributed by atoms with van der Waals surface area (Å²) in [4.78, 5) is 2.52. The Morgan fingerprint density at radius 1 is 1.25 bits per heavy atom. The van der Waals surface area contributed by atoms with Crippen molar-refractivity contribution in [3.8, 4) is 0 Å². The van der Waals surface area contributed by atoms with Gasteiger partial charge in [0.2, 0.25) is 0 Å². The van der Waals surface area contributed by atoms with Crippen LogP contribution >= 0.6 is 0 Å². The Balaban J connectivity index is 1.90. The van der Waals surface area contributed by atoms with E-state index in [0.29, 0.717) is 6.04 Å². The molecule has 1 aliphatic heterocycles. The normalized spacial score (nSPS) is 22.5. The summed E-state index contributed by atoms with van der Waals surface area (Å²) in [6, 6.07) is 0.593. The maximum absolute atomic E-state index is 5.42. The molecule has 0 aromatic rings. The standard InChI is InChI=1S/C13H28N2O/c1-3-4-5-6-7-14-8-9-15-10-11-16-12-13(15)2/h13-14H,3-12H2,1-2H3. The minimum atomic E-state index is 0.593. The number of nitrogens with one attached hydrogen (secondary N) is 1. The van der Waals surface area contributed by atoms with E-state index in [9.17, 15) is 0 Å². The second-order valence-corrected chi connectivity index (χ2v) is 4.77. The van der Waals surface area contributed by atoms with Crippen LogP contribution in [0.4, 0.5) is 0 Å². The lowest BCUT2D eigenvalue weighted by molar-refractivity contribution is 0.000452. The van der Waals surface area contributed by atoms with Crippen LogP contribution in [0.25, 0.3) is 0 Å². The summed E-state index contributed by atoms with van der Waals surface area (Å²) in [5.74, 6) is 0. The molecule has 1 heterocycles. The molecule has 96 valence electrons. The molecule has 0 saturated carbocycles. The zero-order chi connectivity index (χ0) is 11.6. The van der Waals surface area contributed by atoms with Crippen LogP contribution in [0.1, 0.15) is 39.5 Å². The maximum atomic E-state index is 5.42. The van der Waals surface area contributed by atoms with Crippen molar-refractivity contribution in [2.24, 2.45) is 0 Å². The highest BCUT2D eigenvalue weighted by Gasteiger charge is 2.17. The molecule has 0 aromatic carbocycles. The molecule has 1 rings (SSSR count). The molecule has 0 aliphatic carbocycles. The Kier molecular flexibility index (Phi) is 7.81. The number of morpholine rings is 1. The summed E-state index contributed by atoms with van der Waals surface area (Å²) in [6.45, 7) is 10.9. The number of ether oxygens (including phenoxy) is 1. The highest BCUT2D eigenvalue weighted by atomic mass is 16.5. The fraction of sp³-hybridized carbons (Fsp3) is 1.00. The van der Waals surface area contributed by atoms with Crippen LogP contribution in [0, 0.1) is 0 Å². The van der Waals surface area contributed by atoms with Crippen LogP contribution in [-0.2, 0) is 4.74 Å². The maximum Gasteiger partial charge on any atom is 0.0619 e. The van der Waals surface area contributed by atoms with E-state index >= 15 is 0 Å². The predicted octanol–water partition coefficient (Wildman–Crippen LogP) is 1.88. The molecule has 16 heavy (non-hydrogen) atoms. The molecule has 0 amide bonds. The van der Waals surface area contributed by atoms with Crippen molar-refractivity contribution in [1.82, 2.24) is 10.2 Å². The monoisotopic (exact) mass is 228 g/mol. The molecule has 0 spiro atoms. The first-order valence-corrected chi connectivity index (χ1v) is 6.87. The fourth-order valence-corrected chi connectivity index (χ4v) is 2.12. The van der Waals surface area contributed by atoms with Crippen LogP contribution in [0.5, 0.6) is 0 Å². The van der Waals surface area contributed by atoms with E-state index in [0.717, 1.165) is 32.8 Å². The first kappa shape index (κ1) is 13.9. The quantitative estimate of drug-likeness (QED) is 0.642. The van der Waals surface area contributed by atoms with Gasteiger partial charge in [0.05, 0.1) is 13.2 Å². The van der Waals surface area contributed by atoms with Crippen molar-refractivity contribution in [1.29, 1.82) is 0 Å². The Labute approximate surface area is 101 Å². The van der Waals surface area contributed by atoms with Gasteiger partial charge in [-0.25, -0.2) is 0 Å². The number of unbranched alkanes of at least 4 members (excludes halogenated alkanes) is 3. The van der Waals surface area contributed by atoms with Crippen molar-refractivity contribution in [3.05, 3.63) is 0 Å². The molecule has 1 atom stereocenters. The first-order valence-electron chi connectivity index (χ1n) is 6.87. The lowest BCUT2D eigenvalue weighted by Gasteiger charge is -2.33. The molecule has 1 fully saturated rings. The second-order valence-electron chi connectivity index (χ2n) is 4.77. The van der Waals surface area contributed by atoms with Crippen LogP contribution in [-0.4, -0.2) is 50.3 Å². The van der Waals surface area contributed by atoms with Gasteiger partial charge in [-0.3, -0.25) is 4.90 Å². The van der Waals surface area contributed by atoms with Crippen LogP contribution in [0.15, 0.2) is 0 Å². The third kappa shape index (κ3) is 5.83. The van der Waals surface area contributed by atoms with E-state index in [1.807, 2.05) is 0 Å². The summed E-state index contributed by atoms with van der Waals surface area (Å²) < 4.78 is 5.42. The van der Waals surface area contributed by atoms with Crippen molar-refractivity contribution in [3.63, 3.8) is 0 Å². The van der Waals surface area contributed by atoms with Gasteiger partial charge in [0.25, 0.3) is 0 Å². The van der Waals surface area contributed by atoms with Gasteiger partial charge >= 0.3 is 0 Å². The van der Waals surface area contributed by atoms with E-state index in [1.54, 1.807) is 0 Å². The van der Waals surface area contributed by atoms with Crippen molar-refractivity contribution in [2.75, 3.05) is 39.4 Å². The zero-order valence-electron chi connectivity index (χ0n) is 11.0. The van der Waals surface area contributed by atoms with Gasteiger partial charge in [-0.15, -0.1) is 0 Å². The summed E-state index contributed by atoms with van der Waals surface area (Å²) in [7, 11) is 0. The smallest absolute Gasteiger partial charge is 0.0619 e. The molecular formula is C13H28N2O. The third-order valence-corrected chi connectivity index (χ3v) is 3.29. The third-order valence-electron chi connectivity index (χ3n) is 3.29. The molecule has 3 heteroatoms. The van der Waals surface area contributed by atoms with E-state index in [4.69, 9.17) is 4.74 Å². The summed E-state index contributed by atoms with van der Waals surface area (Å²) >= 11 is 0. The fourth-order valence-electron chi connectivity index (χ4n) is 2.12. The topological polar surface area (TPSA) is 24.5 Å². The first-order chi connectivity index (χ1) is 7.84. The van der Waals surface area contributed by atoms with Gasteiger partial charge in [-0.2, -0.15) is 0 Å². The van der Waals surface area contributed by atoms with Crippen LogP contribution < -0.4 is 5.32 Å². The van der Waals surface area contributed by atoms with Gasteiger partial charge in [-0.05, 0) is 19.9 Å². The Hall–Kier alpha value is -0.120. The Morgan fingerprint density at radius 3 is 2.88 bits per heavy atom. The molecule has 0 bridgehead atoms. The predicted molar refractivity (Wildman–Crippen MR) is 68.9 cm³/mol. The SMILES string of the molecule is CCCCCCNCCN1CCOCC1C. The van der Waals surface area contributed by atoms with Gasteiger partial charge < -0.3 is 10.1 Å². The average molecular weight is 228 g/mol. The van der Waals surface area contributed by atoms with Crippen molar-refractivity contribution >= 4 is 0 Å². The molecular weight excluding hydrogens is 200 g/mol.